The standard InChI is InChI=1S/C12H13IN4O.ClH/c13-8-1-2-10-9(3-8)11(17-16-10)12(18)15-6-7-4-14-5-7;/h1-3,7,14H,4-6H2,(H,15,18)(H,16,17);1H. The van der Waals surface area contributed by atoms with E-state index in [1.807, 2.05) is 18.2 Å². The molecule has 19 heavy (non-hydrogen) atoms. The Morgan fingerprint density at radius 1 is 1.47 bits per heavy atom. The van der Waals surface area contributed by atoms with Gasteiger partial charge in [0, 0.05) is 34.5 Å². The minimum Gasteiger partial charge on any atom is -0.350 e. The van der Waals surface area contributed by atoms with Crippen molar-refractivity contribution in [1.82, 2.24) is 20.8 Å². The van der Waals surface area contributed by atoms with Gasteiger partial charge < -0.3 is 10.6 Å². The van der Waals surface area contributed by atoms with E-state index in [0.29, 0.717) is 18.2 Å². The van der Waals surface area contributed by atoms with Crippen LogP contribution in [0.1, 0.15) is 10.5 Å². The number of carbonyl (C=O) groups excluding carboxylic acids is 1. The maximum absolute atomic E-state index is 12.1. The fourth-order valence-corrected chi connectivity index (χ4v) is 2.46. The van der Waals surface area contributed by atoms with Gasteiger partial charge in [0.05, 0.1) is 5.52 Å². The van der Waals surface area contributed by atoms with Crippen molar-refractivity contribution in [3.8, 4) is 0 Å². The first-order valence-corrected chi connectivity index (χ1v) is 6.94. The molecule has 1 fully saturated rings. The minimum absolute atomic E-state index is 0. The van der Waals surface area contributed by atoms with Crippen LogP contribution in [0.4, 0.5) is 0 Å². The Labute approximate surface area is 130 Å². The first-order chi connectivity index (χ1) is 8.74. The van der Waals surface area contributed by atoms with Crippen LogP contribution in [0.3, 0.4) is 0 Å². The number of amides is 1. The van der Waals surface area contributed by atoms with Crippen LogP contribution in [0, 0.1) is 9.49 Å². The van der Waals surface area contributed by atoms with Gasteiger partial charge in [0.25, 0.3) is 5.91 Å². The fraction of sp³-hybridized carbons (Fsp3) is 0.333. The van der Waals surface area contributed by atoms with Crippen LogP contribution in [0.5, 0.6) is 0 Å². The molecular formula is C12H14ClIN4O. The first kappa shape index (κ1) is 14.5. The second-order valence-corrected chi connectivity index (χ2v) is 5.74. The largest absolute Gasteiger partial charge is 0.350 e. The zero-order chi connectivity index (χ0) is 12.5. The number of hydrogen-bond donors (Lipinski definition) is 3. The molecule has 0 unspecified atom stereocenters. The molecule has 1 aliphatic heterocycles. The van der Waals surface area contributed by atoms with Crippen LogP contribution >= 0.6 is 35.0 Å². The molecule has 0 atom stereocenters. The maximum Gasteiger partial charge on any atom is 0.272 e. The summed E-state index contributed by atoms with van der Waals surface area (Å²) >= 11 is 2.23. The van der Waals surface area contributed by atoms with Crippen LogP contribution < -0.4 is 10.6 Å². The smallest absolute Gasteiger partial charge is 0.272 e. The average molecular weight is 393 g/mol. The van der Waals surface area contributed by atoms with Crippen LogP contribution in [0.2, 0.25) is 0 Å². The summed E-state index contributed by atoms with van der Waals surface area (Å²) in [6, 6.07) is 5.90. The highest BCUT2D eigenvalue weighted by molar-refractivity contribution is 14.1. The van der Waals surface area contributed by atoms with E-state index in [0.717, 1.165) is 27.6 Å². The molecule has 1 amide bonds. The summed E-state index contributed by atoms with van der Waals surface area (Å²) in [4.78, 5) is 12.1. The van der Waals surface area contributed by atoms with Crippen molar-refractivity contribution in [3.63, 3.8) is 0 Å². The molecular weight excluding hydrogens is 379 g/mol. The zero-order valence-corrected chi connectivity index (χ0v) is 13.0. The number of halogens is 2. The number of carbonyl (C=O) groups is 1. The van der Waals surface area contributed by atoms with E-state index in [1.54, 1.807) is 0 Å². The van der Waals surface area contributed by atoms with Gasteiger partial charge in [-0.25, -0.2) is 0 Å². The van der Waals surface area contributed by atoms with Crippen molar-refractivity contribution < 1.29 is 4.79 Å². The number of hydrogen-bond acceptors (Lipinski definition) is 3. The molecule has 7 heteroatoms. The normalized spacial score (nSPS) is 14.8. The van der Waals surface area contributed by atoms with Gasteiger partial charge in [-0.3, -0.25) is 9.89 Å². The van der Waals surface area contributed by atoms with E-state index >= 15 is 0 Å². The third-order valence-electron chi connectivity index (χ3n) is 3.16. The molecule has 1 aliphatic rings. The number of nitrogens with one attached hydrogen (secondary N) is 3. The lowest BCUT2D eigenvalue weighted by Crippen LogP contribution is -2.48. The number of aromatic amines is 1. The Morgan fingerprint density at radius 3 is 2.95 bits per heavy atom. The Hall–Kier alpha value is -0.860. The summed E-state index contributed by atoms with van der Waals surface area (Å²) in [5.74, 6) is 0.453. The molecule has 3 N–H and O–H groups in total. The van der Waals surface area contributed by atoms with Crippen LogP contribution in [0.25, 0.3) is 10.9 Å². The van der Waals surface area contributed by atoms with Gasteiger partial charge in [0.15, 0.2) is 5.69 Å². The van der Waals surface area contributed by atoms with E-state index in [4.69, 9.17) is 0 Å². The molecule has 5 nitrogen and oxygen atoms in total. The molecule has 3 rings (SSSR count). The van der Waals surface area contributed by atoms with Crippen molar-refractivity contribution >= 4 is 51.8 Å². The summed E-state index contributed by atoms with van der Waals surface area (Å²) in [6.07, 6.45) is 0. The lowest BCUT2D eigenvalue weighted by Gasteiger charge is -2.26. The molecule has 2 heterocycles. The summed E-state index contributed by atoms with van der Waals surface area (Å²) in [5.41, 5.74) is 1.38. The SMILES string of the molecule is Cl.O=C(NCC1CNC1)c1n[nH]c2ccc(I)cc12. The lowest BCUT2D eigenvalue weighted by molar-refractivity contribution is 0.0939. The van der Waals surface area contributed by atoms with E-state index in [2.05, 4.69) is 43.4 Å². The van der Waals surface area contributed by atoms with Crippen LogP contribution in [0.15, 0.2) is 18.2 Å². The third kappa shape index (κ3) is 3.01. The van der Waals surface area contributed by atoms with Gasteiger partial charge in [-0.15, -0.1) is 12.4 Å². The fourth-order valence-electron chi connectivity index (χ4n) is 1.97. The van der Waals surface area contributed by atoms with Gasteiger partial charge in [0.1, 0.15) is 0 Å². The van der Waals surface area contributed by atoms with Gasteiger partial charge in [-0.1, -0.05) is 0 Å². The maximum atomic E-state index is 12.1. The van der Waals surface area contributed by atoms with E-state index in [9.17, 15) is 4.79 Å². The lowest BCUT2D eigenvalue weighted by atomic mass is 10.0. The molecule has 102 valence electrons. The molecule has 0 saturated carbocycles. The minimum atomic E-state index is -0.102. The molecule has 0 bridgehead atoms. The van der Waals surface area contributed by atoms with Crippen molar-refractivity contribution in [2.24, 2.45) is 5.92 Å². The quantitative estimate of drug-likeness (QED) is 0.694. The van der Waals surface area contributed by atoms with Gasteiger partial charge >= 0.3 is 0 Å². The topological polar surface area (TPSA) is 69.8 Å². The number of rotatable bonds is 3. The molecule has 2 aromatic rings. The van der Waals surface area contributed by atoms with Gasteiger partial charge in [0.2, 0.25) is 0 Å². The van der Waals surface area contributed by atoms with E-state index in [1.165, 1.54) is 0 Å². The van der Waals surface area contributed by atoms with Crippen LogP contribution in [-0.4, -0.2) is 35.7 Å². The Bertz CT molecular complexity index is 596. The summed E-state index contributed by atoms with van der Waals surface area (Å²) in [7, 11) is 0. The highest BCUT2D eigenvalue weighted by atomic mass is 127. The number of nitrogens with zero attached hydrogens (tertiary/aromatic N) is 1. The number of aromatic nitrogens is 2. The average Bonchev–Trinajstić information content (AvgIpc) is 2.69. The molecule has 1 aromatic carbocycles. The predicted molar refractivity (Wildman–Crippen MR) is 84.8 cm³/mol. The van der Waals surface area contributed by atoms with Crippen LogP contribution in [-0.2, 0) is 0 Å². The summed E-state index contributed by atoms with van der Waals surface area (Å²) < 4.78 is 1.10. The molecule has 0 radical (unpaired) electrons. The molecule has 1 aromatic heterocycles. The predicted octanol–water partition coefficient (Wildman–Crippen LogP) is 1.54. The molecule has 1 saturated heterocycles. The molecule has 0 aliphatic carbocycles. The van der Waals surface area contributed by atoms with E-state index in [-0.39, 0.29) is 18.3 Å². The van der Waals surface area contributed by atoms with Crippen molar-refractivity contribution in [1.29, 1.82) is 0 Å². The second-order valence-electron chi connectivity index (χ2n) is 4.50. The highest BCUT2D eigenvalue weighted by Gasteiger charge is 2.19. The highest BCUT2D eigenvalue weighted by Crippen LogP contribution is 2.18. The summed E-state index contributed by atoms with van der Waals surface area (Å²) in [6.45, 7) is 2.68. The first-order valence-electron chi connectivity index (χ1n) is 5.86. The molecule has 0 spiro atoms. The number of fused-ring (bicyclic) bond motifs is 1. The second kappa shape index (κ2) is 6.06. The number of H-pyrrole nitrogens is 1. The number of benzene rings is 1. The third-order valence-corrected chi connectivity index (χ3v) is 3.83. The van der Waals surface area contributed by atoms with Crippen molar-refractivity contribution in [3.05, 3.63) is 27.5 Å². The van der Waals surface area contributed by atoms with Crippen molar-refractivity contribution in [2.75, 3.05) is 19.6 Å². The summed E-state index contributed by atoms with van der Waals surface area (Å²) in [5, 5.41) is 14.0. The Kier molecular flexibility index (Phi) is 4.64. The monoisotopic (exact) mass is 392 g/mol. The van der Waals surface area contributed by atoms with E-state index < -0.39 is 0 Å². The van der Waals surface area contributed by atoms with Gasteiger partial charge in [-0.05, 0) is 40.8 Å². The Balaban J connectivity index is 0.00000133. The Morgan fingerprint density at radius 2 is 2.26 bits per heavy atom. The van der Waals surface area contributed by atoms with Crippen molar-refractivity contribution in [2.45, 2.75) is 0 Å². The zero-order valence-electron chi connectivity index (χ0n) is 10.1. The van der Waals surface area contributed by atoms with Gasteiger partial charge in [-0.2, -0.15) is 5.10 Å².